The molecule has 0 N–H and O–H groups in total. The summed E-state index contributed by atoms with van der Waals surface area (Å²) in [5.74, 6) is 0. The van der Waals surface area contributed by atoms with Crippen LogP contribution in [-0.2, 0) is 0 Å². The molecular formula is C8H12. The van der Waals surface area contributed by atoms with Crippen LogP contribution in [-0.4, -0.2) is 0 Å². The van der Waals surface area contributed by atoms with E-state index in [2.05, 4.69) is 27.0 Å². The zero-order chi connectivity index (χ0) is 6.57. The molecular weight excluding hydrogens is 96.1 g/mol. The van der Waals surface area contributed by atoms with Crippen molar-refractivity contribution in [3.63, 3.8) is 0 Å². The lowest BCUT2D eigenvalue weighted by molar-refractivity contribution is 1.09. The smallest absolute Gasteiger partial charge is 0.100 e. The predicted molar refractivity (Wildman–Crippen MR) is 38.2 cm³/mol. The molecule has 0 aromatic carbocycles. The second kappa shape index (κ2) is 3.36. The summed E-state index contributed by atoms with van der Waals surface area (Å²) in [4.78, 5) is 0. The molecule has 0 nitrogen and oxygen atoms in total. The molecule has 0 aromatic rings. The minimum atomic E-state index is 0.786. The Morgan fingerprint density at radius 2 is 2.00 bits per heavy atom. The Labute approximate surface area is 51.9 Å². The first-order valence-electron chi connectivity index (χ1n) is 2.62. The topological polar surface area (TPSA) is 0 Å². The van der Waals surface area contributed by atoms with Crippen molar-refractivity contribution in [2.24, 2.45) is 0 Å². The van der Waals surface area contributed by atoms with E-state index >= 15 is 0 Å². The molecule has 0 atom stereocenters. The second-order valence-electron chi connectivity index (χ2n) is 1.93. The van der Waals surface area contributed by atoms with Gasteiger partial charge in [-0.1, -0.05) is 5.57 Å². The van der Waals surface area contributed by atoms with Gasteiger partial charge in [0.05, 0.1) is 0 Å². The van der Waals surface area contributed by atoms with E-state index in [0.29, 0.717) is 0 Å². The van der Waals surface area contributed by atoms with Gasteiger partial charge >= 0.3 is 0 Å². The molecule has 0 fully saturated rings. The van der Waals surface area contributed by atoms with E-state index < -0.39 is 0 Å². The zero-order valence-electron chi connectivity index (χ0n) is 5.24. The number of allylic oxidation sites excluding steroid dienone is 2. The van der Waals surface area contributed by atoms with Crippen LogP contribution in [0, 0.1) is 13.8 Å². The first-order chi connectivity index (χ1) is 3.66. The molecule has 44 valence electrons. The van der Waals surface area contributed by atoms with Crippen LogP contribution >= 0.6 is 0 Å². The lowest BCUT2D eigenvalue weighted by atomic mass is 10.1. The molecule has 0 heterocycles. The summed E-state index contributed by atoms with van der Waals surface area (Å²) in [6.45, 7) is 14.7. The van der Waals surface area contributed by atoms with E-state index in [1.54, 1.807) is 0 Å². The van der Waals surface area contributed by atoms with Gasteiger partial charge in [0.2, 0.25) is 0 Å². The van der Waals surface area contributed by atoms with E-state index in [0.717, 1.165) is 24.0 Å². The van der Waals surface area contributed by atoms with Crippen molar-refractivity contribution in [3.05, 3.63) is 38.2 Å². The minimum absolute atomic E-state index is 0.786. The van der Waals surface area contributed by atoms with Crippen LogP contribution in [0.5, 0.6) is 0 Å². The summed E-state index contributed by atoms with van der Waals surface area (Å²) in [7, 11) is 0. The summed E-state index contributed by atoms with van der Waals surface area (Å²) in [6.07, 6.45) is 1.61. The fraction of sp³-hybridized carbons (Fsp3) is 0.250. The maximum Gasteiger partial charge on any atom is 0.100 e. The van der Waals surface area contributed by atoms with Crippen molar-refractivity contribution in [2.75, 3.05) is 0 Å². The molecule has 0 saturated carbocycles. The molecule has 0 aliphatic heterocycles. The molecule has 0 rings (SSSR count). The third kappa shape index (κ3) is 3.54. The van der Waals surface area contributed by atoms with Gasteiger partial charge in [-0.25, -0.2) is 0 Å². The van der Waals surface area contributed by atoms with Crippen molar-refractivity contribution < 1.29 is 0 Å². The highest BCUT2D eigenvalue weighted by atomic mass is 13.9. The van der Waals surface area contributed by atoms with Gasteiger partial charge in [0.25, 0.3) is 0 Å². The van der Waals surface area contributed by atoms with Crippen molar-refractivity contribution in [1.82, 2.24) is 0 Å². The van der Waals surface area contributed by atoms with Crippen molar-refractivity contribution >= 4 is 0 Å². The molecule has 0 heteroatoms. The van der Waals surface area contributed by atoms with Gasteiger partial charge in [-0.15, -0.1) is 6.58 Å². The first-order valence-corrected chi connectivity index (χ1v) is 2.62. The highest BCUT2D eigenvalue weighted by molar-refractivity contribution is 5.11. The standard InChI is InChI=1S/C8H12/c1-5-8(4)6-7(2)3/h1-6H2. The van der Waals surface area contributed by atoms with Gasteiger partial charge in [0, 0.05) is 19.9 Å². The second-order valence-corrected chi connectivity index (χ2v) is 1.93. The van der Waals surface area contributed by atoms with Gasteiger partial charge < -0.3 is 6.92 Å². The molecule has 0 saturated heterocycles. The van der Waals surface area contributed by atoms with Crippen molar-refractivity contribution in [3.8, 4) is 0 Å². The maximum absolute atomic E-state index is 3.75. The number of rotatable bonds is 3. The Morgan fingerprint density at radius 1 is 1.50 bits per heavy atom. The van der Waals surface area contributed by atoms with Crippen LogP contribution in [0.15, 0.2) is 24.3 Å². The Bertz CT molecular complexity index is 98.6. The van der Waals surface area contributed by atoms with Crippen LogP contribution < -0.4 is 0 Å². The van der Waals surface area contributed by atoms with Crippen molar-refractivity contribution in [2.45, 2.75) is 12.8 Å². The summed E-state index contributed by atoms with van der Waals surface area (Å²) < 4.78 is 0. The lowest BCUT2D eigenvalue weighted by Gasteiger charge is -1.98. The number of hydrogen-bond donors (Lipinski definition) is 0. The van der Waals surface area contributed by atoms with Crippen LogP contribution in [0.4, 0.5) is 0 Å². The van der Waals surface area contributed by atoms with Crippen LogP contribution in [0.1, 0.15) is 12.8 Å². The molecule has 0 bridgehead atoms. The Kier molecular flexibility index (Phi) is 3.09. The van der Waals surface area contributed by atoms with E-state index in [9.17, 15) is 0 Å². The molecule has 0 amide bonds. The molecule has 0 aliphatic rings. The Morgan fingerprint density at radius 3 is 2.12 bits per heavy atom. The monoisotopic (exact) mass is 108 g/mol. The lowest BCUT2D eigenvalue weighted by Crippen LogP contribution is -1.78. The van der Waals surface area contributed by atoms with Crippen LogP contribution in [0.2, 0.25) is 0 Å². The van der Waals surface area contributed by atoms with Crippen molar-refractivity contribution in [1.29, 1.82) is 0 Å². The SMILES string of the molecule is C=C([CH2+])CC(=C)C[CH2-]. The summed E-state index contributed by atoms with van der Waals surface area (Å²) >= 11 is 0. The quantitative estimate of drug-likeness (QED) is 0.385. The minimum Gasteiger partial charge on any atom is -0.339 e. The normalized spacial score (nSPS) is 8.62. The highest BCUT2D eigenvalue weighted by Gasteiger charge is 1.91. The van der Waals surface area contributed by atoms with Crippen LogP contribution in [0.3, 0.4) is 0 Å². The van der Waals surface area contributed by atoms with Gasteiger partial charge in [-0.05, 0) is 0 Å². The molecule has 0 unspecified atom stereocenters. The van der Waals surface area contributed by atoms with Gasteiger partial charge in [0.15, 0.2) is 0 Å². The third-order valence-corrected chi connectivity index (χ3v) is 0.854. The Hall–Kier alpha value is -0.650. The molecule has 0 radical (unpaired) electrons. The highest BCUT2D eigenvalue weighted by Crippen LogP contribution is 2.07. The van der Waals surface area contributed by atoms with E-state index in [1.165, 1.54) is 0 Å². The molecule has 8 heavy (non-hydrogen) atoms. The summed E-state index contributed by atoms with van der Waals surface area (Å²) in [5, 5.41) is 0. The first kappa shape index (κ1) is 7.35. The van der Waals surface area contributed by atoms with Crippen LogP contribution in [0.25, 0.3) is 0 Å². The average molecular weight is 108 g/mol. The fourth-order valence-electron chi connectivity index (χ4n) is 0.442. The summed E-state index contributed by atoms with van der Waals surface area (Å²) in [6, 6.07) is 0. The molecule has 0 aromatic heterocycles. The molecule has 0 aliphatic carbocycles. The summed E-state index contributed by atoms with van der Waals surface area (Å²) in [5.41, 5.74) is 2.02. The fourth-order valence-corrected chi connectivity index (χ4v) is 0.442. The zero-order valence-corrected chi connectivity index (χ0v) is 5.24. The Balaban J connectivity index is 3.40. The largest absolute Gasteiger partial charge is 0.339 e. The molecule has 0 spiro atoms. The van der Waals surface area contributed by atoms with E-state index in [4.69, 9.17) is 0 Å². The van der Waals surface area contributed by atoms with E-state index in [1.807, 2.05) is 0 Å². The predicted octanol–water partition coefficient (Wildman–Crippen LogP) is 2.55. The third-order valence-electron chi connectivity index (χ3n) is 0.854. The van der Waals surface area contributed by atoms with Gasteiger partial charge in [-0.2, -0.15) is 6.42 Å². The maximum atomic E-state index is 3.75. The van der Waals surface area contributed by atoms with Gasteiger partial charge in [0.1, 0.15) is 5.57 Å². The van der Waals surface area contributed by atoms with E-state index in [-0.39, 0.29) is 0 Å². The number of hydrogen-bond acceptors (Lipinski definition) is 0. The van der Waals surface area contributed by atoms with Gasteiger partial charge in [-0.3, -0.25) is 0 Å². The average Bonchev–Trinajstić information content (AvgIpc) is 1.65.